The maximum absolute atomic E-state index is 13.5. The third-order valence-electron chi connectivity index (χ3n) is 5.65. The van der Waals surface area contributed by atoms with E-state index in [9.17, 15) is 13.2 Å². The molecule has 9 heteroatoms. The summed E-state index contributed by atoms with van der Waals surface area (Å²) in [6.07, 6.45) is 1.61. The van der Waals surface area contributed by atoms with Crippen molar-refractivity contribution in [1.82, 2.24) is 14.1 Å². The number of hydrogen-bond acceptors (Lipinski definition) is 5. The van der Waals surface area contributed by atoms with Crippen LogP contribution in [0.2, 0.25) is 5.02 Å². The minimum Gasteiger partial charge on any atom is -0.366 e. The minimum absolute atomic E-state index is 0.305. The molecular formula is C25H25ClN4O3S. The lowest BCUT2D eigenvalue weighted by Crippen LogP contribution is -2.51. The SMILES string of the molecule is CC(C)S(=O)(=O)N1CCN(c2cnn(-c3cccc(Cl)c3)c(=O)c2C#Cc2ccccc2)CC1. The molecule has 0 N–H and O–H groups in total. The molecule has 0 bridgehead atoms. The van der Waals surface area contributed by atoms with Crippen LogP contribution >= 0.6 is 11.6 Å². The van der Waals surface area contributed by atoms with Gasteiger partial charge in [0.05, 0.1) is 22.8 Å². The molecule has 2 aromatic carbocycles. The first-order chi connectivity index (χ1) is 16.3. The quantitative estimate of drug-likeness (QED) is 0.519. The van der Waals surface area contributed by atoms with Gasteiger partial charge in [-0.05, 0) is 44.2 Å². The van der Waals surface area contributed by atoms with Crippen molar-refractivity contribution in [3.8, 4) is 17.5 Å². The molecule has 1 fully saturated rings. The average molecular weight is 497 g/mol. The third-order valence-corrected chi connectivity index (χ3v) is 8.16. The van der Waals surface area contributed by atoms with E-state index in [2.05, 4.69) is 16.9 Å². The third kappa shape index (κ3) is 5.02. The van der Waals surface area contributed by atoms with E-state index in [1.165, 1.54) is 8.99 Å². The Morgan fingerprint density at radius 3 is 2.32 bits per heavy atom. The monoisotopic (exact) mass is 496 g/mol. The molecule has 0 spiro atoms. The summed E-state index contributed by atoms with van der Waals surface area (Å²) in [6, 6.07) is 16.3. The Morgan fingerprint density at radius 1 is 0.971 bits per heavy atom. The molecule has 1 saturated heterocycles. The van der Waals surface area contributed by atoms with Gasteiger partial charge in [-0.2, -0.15) is 14.1 Å². The smallest absolute Gasteiger partial charge is 0.289 e. The fourth-order valence-corrected chi connectivity index (χ4v) is 5.18. The summed E-state index contributed by atoms with van der Waals surface area (Å²) in [5.41, 5.74) is 1.86. The van der Waals surface area contributed by atoms with E-state index in [0.29, 0.717) is 48.1 Å². The largest absolute Gasteiger partial charge is 0.366 e. The molecule has 0 aliphatic carbocycles. The van der Waals surface area contributed by atoms with Gasteiger partial charge >= 0.3 is 0 Å². The number of aromatic nitrogens is 2. The Labute approximate surface area is 204 Å². The summed E-state index contributed by atoms with van der Waals surface area (Å²) in [6.45, 7) is 4.91. The van der Waals surface area contributed by atoms with Crippen LogP contribution in [0.25, 0.3) is 5.69 Å². The fourth-order valence-electron chi connectivity index (χ4n) is 3.73. The molecule has 0 atom stereocenters. The summed E-state index contributed by atoms with van der Waals surface area (Å²) < 4.78 is 27.9. The Balaban J connectivity index is 1.74. The summed E-state index contributed by atoms with van der Waals surface area (Å²) in [5, 5.41) is 4.40. The second kappa shape index (κ2) is 10.0. The lowest BCUT2D eigenvalue weighted by molar-refractivity contribution is 0.380. The zero-order valence-electron chi connectivity index (χ0n) is 19.0. The maximum Gasteiger partial charge on any atom is 0.289 e. The molecule has 3 aromatic rings. The van der Waals surface area contributed by atoms with Gasteiger partial charge in [0.15, 0.2) is 0 Å². The average Bonchev–Trinajstić information content (AvgIpc) is 2.83. The minimum atomic E-state index is -3.33. The predicted octanol–water partition coefficient (Wildman–Crippen LogP) is 3.15. The van der Waals surface area contributed by atoms with Crippen LogP contribution in [0.4, 0.5) is 5.69 Å². The Kier molecular flexibility index (Phi) is 7.08. The van der Waals surface area contributed by atoms with Crippen molar-refractivity contribution < 1.29 is 8.42 Å². The van der Waals surface area contributed by atoms with E-state index in [0.717, 1.165) is 5.56 Å². The second-order valence-corrected chi connectivity index (χ2v) is 11.1. The lowest BCUT2D eigenvalue weighted by Gasteiger charge is -2.36. The number of hydrogen-bond donors (Lipinski definition) is 0. The standard InChI is InChI=1S/C25H25ClN4O3S/c1-19(2)34(32,33)29-15-13-28(14-16-29)24-18-27-30(22-10-6-9-21(26)17-22)25(31)23(24)12-11-20-7-4-3-5-8-20/h3-10,17-19H,13-16H2,1-2H3. The number of benzene rings is 2. The predicted molar refractivity (Wildman–Crippen MR) is 135 cm³/mol. The molecule has 34 heavy (non-hydrogen) atoms. The normalized spacial score (nSPS) is 14.6. The van der Waals surface area contributed by atoms with Crippen molar-refractivity contribution in [2.45, 2.75) is 19.1 Å². The van der Waals surface area contributed by atoms with Gasteiger partial charge in [-0.3, -0.25) is 4.79 Å². The van der Waals surface area contributed by atoms with Gasteiger partial charge < -0.3 is 4.90 Å². The number of sulfonamides is 1. The Morgan fingerprint density at radius 2 is 1.68 bits per heavy atom. The first-order valence-electron chi connectivity index (χ1n) is 11.0. The maximum atomic E-state index is 13.5. The first kappa shape index (κ1) is 24.0. The van der Waals surface area contributed by atoms with Crippen LogP contribution in [0.5, 0.6) is 0 Å². The molecule has 176 valence electrons. The molecule has 4 rings (SSSR count). The summed E-state index contributed by atoms with van der Waals surface area (Å²) in [7, 11) is -3.33. The van der Waals surface area contributed by atoms with Crippen LogP contribution in [0.15, 0.2) is 65.6 Å². The molecule has 2 heterocycles. The van der Waals surface area contributed by atoms with Crippen molar-refractivity contribution in [3.05, 3.63) is 87.3 Å². The molecule has 1 aliphatic heterocycles. The van der Waals surface area contributed by atoms with Crippen LogP contribution in [0.1, 0.15) is 25.0 Å². The molecule has 0 unspecified atom stereocenters. The molecule has 7 nitrogen and oxygen atoms in total. The molecule has 0 amide bonds. The van der Waals surface area contributed by atoms with Crippen LogP contribution in [0.3, 0.4) is 0 Å². The van der Waals surface area contributed by atoms with Gasteiger partial charge in [-0.15, -0.1) is 0 Å². The van der Waals surface area contributed by atoms with Gasteiger partial charge in [-0.25, -0.2) is 8.42 Å². The van der Waals surface area contributed by atoms with Gasteiger partial charge in [0.1, 0.15) is 5.56 Å². The molecule has 1 aromatic heterocycles. The lowest BCUT2D eigenvalue weighted by atomic mass is 10.1. The van der Waals surface area contributed by atoms with E-state index < -0.39 is 15.3 Å². The summed E-state index contributed by atoms with van der Waals surface area (Å²) in [5.74, 6) is 6.12. The Hall–Kier alpha value is -3.12. The fraction of sp³-hybridized carbons (Fsp3) is 0.280. The van der Waals surface area contributed by atoms with Gasteiger partial charge in [0.25, 0.3) is 5.56 Å². The zero-order chi connectivity index (χ0) is 24.3. The van der Waals surface area contributed by atoms with Crippen molar-refractivity contribution in [2.75, 3.05) is 31.1 Å². The van der Waals surface area contributed by atoms with E-state index in [1.54, 1.807) is 44.3 Å². The van der Waals surface area contributed by atoms with Crippen LogP contribution in [-0.2, 0) is 10.0 Å². The van der Waals surface area contributed by atoms with Gasteiger partial charge in [-0.1, -0.05) is 47.7 Å². The van der Waals surface area contributed by atoms with Crippen LogP contribution < -0.4 is 10.5 Å². The number of anilines is 1. The zero-order valence-corrected chi connectivity index (χ0v) is 20.6. The first-order valence-corrected chi connectivity index (χ1v) is 12.8. The number of nitrogens with zero attached hydrogens (tertiary/aromatic N) is 4. The molecule has 0 saturated carbocycles. The van der Waals surface area contributed by atoms with E-state index in [-0.39, 0.29) is 5.56 Å². The van der Waals surface area contributed by atoms with Crippen molar-refractivity contribution in [1.29, 1.82) is 0 Å². The van der Waals surface area contributed by atoms with Crippen molar-refractivity contribution >= 4 is 27.3 Å². The number of piperazine rings is 1. The van der Waals surface area contributed by atoms with Crippen molar-refractivity contribution in [3.63, 3.8) is 0 Å². The van der Waals surface area contributed by atoms with Gasteiger partial charge in [0, 0.05) is 36.8 Å². The number of halogens is 1. The second-order valence-electron chi connectivity index (χ2n) is 8.20. The highest BCUT2D eigenvalue weighted by Crippen LogP contribution is 2.21. The highest BCUT2D eigenvalue weighted by atomic mass is 35.5. The van der Waals surface area contributed by atoms with Crippen molar-refractivity contribution in [2.24, 2.45) is 0 Å². The van der Waals surface area contributed by atoms with E-state index >= 15 is 0 Å². The van der Waals surface area contributed by atoms with E-state index in [4.69, 9.17) is 11.6 Å². The van der Waals surface area contributed by atoms with E-state index in [1.807, 2.05) is 35.2 Å². The van der Waals surface area contributed by atoms with Crippen LogP contribution in [-0.4, -0.2) is 53.9 Å². The highest BCUT2D eigenvalue weighted by molar-refractivity contribution is 7.89. The molecule has 0 radical (unpaired) electrons. The number of rotatable bonds is 4. The topological polar surface area (TPSA) is 75.5 Å². The highest BCUT2D eigenvalue weighted by Gasteiger charge is 2.30. The van der Waals surface area contributed by atoms with Crippen LogP contribution in [0, 0.1) is 11.8 Å². The summed E-state index contributed by atoms with van der Waals surface area (Å²) >= 11 is 6.12. The van der Waals surface area contributed by atoms with Gasteiger partial charge in [0.2, 0.25) is 10.0 Å². The summed E-state index contributed by atoms with van der Waals surface area (Å²) in [4.78, 5) is 15.5. The Bertz CT molecular complexity index is 1400. The molecule has 1 aliphatic rings. The molecular weight excluding hydrogens is 472 g/mol.